The number of carbonyl (C=O) groups excluding carboxylic acids is 1. The molecule has 1 fully saturated rings. The molecule has 2 heterocycles. The maximum absolute atomic E-state index is 14.3. The highest BCUT2D eigenvalue weighted by molar-refractivity contribution is 7.98. The first-order chi connectivity index (χ1) is 17.9. The molecule has 5 rings (SSSR count). The molecule has 5 nitrogen and oxygen atoms in total. The van der Waals surface area contributed by atoms with Crippen molar-refractivity contribution in [2.45, 2.75) is 55.7 Å². The van der Waals surface area contributed by atoms with Crippen molar-refractivity contribution in [2.24, 2.45) is 7.05 Å². The summed E-state index contributed by atoms with van der Waals surface area (Å²) in [6.45, 7) is 3.80. The Morgan fingerprint density at radius 2 is 1.97 bits per heavy atom. The summed E-state index contributed by atoms with van der Waals surface area (Å²) in [5.41, 5.74) is 3.70. The van der Waals surface area contributed by atoms with E-state index in [9.17, 15) is 18.7 Å². The number of rotatable bonds is 7. The standard InChI is InChI=1S/C29H32F2N2O3S/c1-3-36-29(35)28-22-16-26(34)21(18-10-12-33(13-11-18)20-6-4-5-7-20)15-24(22)32(2)25(28)17-37-27-9-8-19(30)14-23(27)31/h8-10,14-16,20,34H,3-7,11-13,17H2,1-2H3. The van der Waals surface area contributed by atoms with Gasteiger partial charge in [0.25, 0.3) is 0 Å². The molecule has 1 aliphatic heterocycles. The minimum atomic E-state index is -0.641. The Labute approximate surface area is 220 Å². The number of hydrogen-bond acceptors (Lipinski definition) is 5. The molecule has 0 unspecified atom stereocenters. The summed E-state index contributed by atoms with van der Waals surface area (Å²) in [7, 11) is 1.86. The number of thioether (sulfide) groups is 1. The first kappa shape index (κ1) is 25.8. The number of phenolic OH excluding ortho intramolecular Hbond substituents is 1. The molecule has 0 spiro atoms. The van der Waals surface area contributed by atoms with Gasteiger partial charge in [0.1, 0.15) is 17.4 Å². The molecular weight excluding hydrogens is 494 g/mol. The van der Waals surface area contributed by atoms with Gasteiger partial charge >= 0.3 is 5.97 Å². The number of hydrogen-bond donors (Lipinski definition) is 1. The number of halogens is 2. The van der Waals surface area contributed by atoms with Crippen LogP contribution in [0.15, 0.2) is 41.3 Å². The molecule has 1 aliphatic carbocycles. The lowest BCUT2D eigenvalue weighted by Crippen LogP contribution is -2.36. The van der Waals surface area contributed by atoms with Gasteiger partial charge in [-0.2, -0.15) is 0 Å². The topological polar surface area (TPSA) is 54.7 Å². The number of benzene rings is 2. The largest absolute Gasteiger partial charge is 0.507 e. The Balaban J connectivity index is 1.50. The highest BCUT2D eigenvalue weighted by Crippen LogP contribution is 2.39. The van der Waals surface area contributed by atoms with E-state index in [2.05, 4.69) is 11.0 Å². The van der Waals surface area contributed by atoms with Gasteiger partial charge < -0.3 is 14.4 Å². The van der Waals surface area contributed by atoms with Crippen molar-refractivity contribution in [3.05, 3.63) is 64.9 Å². The predicted octanol–water partition coefficient (Wildman–Crippen LogP) is 6.66. The number of esters is 1. The zero-order chi connectivity index (χ0) is 26.1. The average molecular weight is 527 g/mol. The van der Waals surface area contributed by atoms with Gasteiger partial charge in [-0.3, -0.25) is 4.90 Å². The first-order valence-electron chi connectivity index (χ1n) is 12.9. The quantitative estimate of drug-likeness (QED) is 0.276. The van der Waals surface area contributed by atoms with Gasteiger partial charge in [0.05, 0.1) is 12.2 Å². The summed E-state index contributed by atoms with van der Waals surface area (Å²) in [4.78, 5) is 15.8. The van der Waals surface area contributed by atoms with Gasteiger partial charge in [0.2, 0.25) is 0 Å². The van der Waals surface area contributed by atoms with Crippen LogP contribution >= 0.6 is 11.8 Å². The van der Waals surface area contributed by atoms with Crippen LogP contribution in [-0.2, 0) is 17.5 Å². The number of fused-ring (bicyclic) bond motifs is 1. The number of ether oxygens (including phenoxy) is 1. The highest BCUT2D eigenvalue weighted by Gasteiger charge is 2.27. The smallest absolute Gasteiger partial charge is 0.340 e. The number of phenols is 1. The van der Waals surface area contributed by atoms with Crippen LogP contribution in [0.5, 0.6) is 5.75 Å². The zero-order valence-electron chi connectivity index (χ0n) is 21.2. The second-order valence-electron chi connectivity index (χ2n) is 9.76. The lowest BCUT2D eigenvalue weighted by Gasteiger charge is -2.31. The molecule has 196 valence electrons. The molecule has 1 saturated carbocycles. The monoisotopic (exact) mass is 526 g/mol. The summed E-state index contributed by atoms with van der Waals surface area (Å²) in [6.07, 6.45) is 8.22. The summed E-state index contributed by atoms with van der Waals surface area (Å²) in [5, 5.41) is 11.6. The van der Waals surface area contributed by atoms with Crippen molar-refractivity contribution in [2.75, 3.05) is 19.7 Å². The molecule has 1 aromatic heterocycles. The van der Waals surface area contributed by atoms with Crippen LogP contribution in [0.4, 0.5) is 8.78 Å². The fraction of sp³-hybridized carbons (Fsp3) is 0.414. The van der Waals surface area contributed by atoms with Crippen LogP contribution in [-0.4, -0.2) is 46.3 Å². The van der Waals surface area contributed by atoms with Crippen LogP contribution in [0.25, 0.3) is 16.5 Å². The Hall–Kier alpha value is -2.84. The normalized spacial score (nSPS) is 16.9. The average Bonchev–Trinajstić information content (AvgIpc) is 3.50. The molecule has 2 aromatic carbocycles. The summed E-state index contributed by atoms with van der Waals surface area (Å²) < 4.78 is 34.9. The van der Waals surface area contributed by atoms with Crippen molar-refractivity contribution in [3.63, 3.8) is 0 Å². The fourth-order valence-electron chi connectivity index (χ4n) is 5.65. The maximum atomic E-state index is 14.3. The zero-order valence-corrected chi connectivity index (χ0v) is 22.0. The first-order valence-corrected chi connectivity index (χ1v) is 13.9. The maximum Gasteiger partial charge on any atom is 0.340 e. The molecule has 0 saturated heterocycles. The number of aromatic hydroxyl groups is 1. The van der Waals surface area contributed by atoms with Crippen molar-refractivity contribution < 1.29 is 23.4 Å². The van der Waals surface area contributed by atoms with Crippen molar-refractivity contribution in [1.82, 2.24) is 9.47 Å². The van der Waals surface area contributed by atoms with E-state index < -0.39 is 17.6 Å². The number of aryl methyl sites for hydroxylation is 1. The molecule has 0 bridgehead atoms. The third-order valence-corrected chi connectivity index (χ3v) is 8.66. The number of nitrogens with zero attached hydrogens (tertiary/aromatic N) is 2. The second kappa shape index (κ2) is 10.9. The van der Waals surface area contributed by atoms with Gasteiger partial charge in [-0.1, -0.05) is 18.9 Å². The molecule has 0 atom stereocenters. The Morgan fingerprint density at radius 1 is 1.19 bits per heavy atom. The molecule has 8 heteroatoms. The highest BCUT2D eigenvalue weighted by atomic mass is 32.2. The lowest BCUT2D eigenvalue weighted by molar-refractivity contribution is 0.0527. The van der Waals surface area contributed by atoms with Gasteiger partial charge in [-0.25, -0.2) is 13.6 Å². The van der Waals surface area contributed by atoms with Gasteiger partial charge in [0.15, 0.2) is 0 Å². The molecule has 1 N–H and O–H groups in total. The molecule has 3 aromatic rings. The Kier molecular flexibility index (Phi) is 7.58. The van der Waals surface area contributed by atoms with Crippen LogP contribution in [0.3, 0.4) is 0 Å². The molecule has 37 heavy (non-hydrogen) atoms. The van der Waals surface area contributed by atoms with E-state index in [0.29, 0.717) is 27.6 Å². The van der Waals surface area contributed by atoms with E-state index in [-0.39, 0.29) is 18.1 Å². The molecular formula is C29H32F2N2O3S. The number of carbonyl (C=O) groups is 1. The SMILES string of the molecule is CCOC(=O)c1c(CSc2ccc(F)cc2F)n(C)c2cc(C3=CCN(C4CCCC4)CC3)c(O)cc12. The van der Waals surface area contributed by atoms with Gasteiger partial charge in [0, 0.05) is 65.1 Å². The third kappa shape index (κ3) is 5.14. The predicted molar refractivity (Wildman–Crippen MR) is 143 cm³/mol. The second-order valence-corrected chi connectivity index (χ2v) is 10.8. The van der Waals surface area contributed by atoms with Gasteiger partial charge in [-0.05, 0) is 56.0 Å². The van der Waals surface area contributed by atoms with Crippen molar-refractivity contribution in [1.29, 1.82) is 0 Å². The van der Waals surface area contributed by atoms with Crippen LogP contribution in [0.2, 0.25) is 0 Å². The van der Waals surface area contributed by atoms with E-state index in [1.807, 2.05) is 17.7 Å². The molecule has 2 aliphatic rings. The van der Waals surface area contributed by atoms with Crippen LogP contribution in [0, 0.1) is 11.6 Å². The van der Waals surface area contributed by atoms with E-state index >= 15 is 0 Å². The van der Waals surface area contributed by atoms with Crippen molar-refractivity contribution >= 4 is 34.2 Å². The minimum Gasteiger partial charge on any atom is -0.507 e. The van der Waals surface area contributed by atoms with E-state index in [4.69, 9.17) is 4.74 Å². The Bertz CT molecular complexity index is 1360. The van der Waals surface area contributed by atoms with E-state index in [0.717, 1.165) is 42.2 Å². The summed E-state index contributed by atoms with van der Waals surface area (Å²) in [5.74, 6) is -1.35. The summed E-state index contributed by atoms with van der Waals surface area (Å²) >= 11 is 1.19. The number of aromatic nitrogens is 1. The van der Waals surface area contributed by atoms with Crippen LogP contribution in [0.1, 0.15) is 60.6 Å². The van der Waals surface area contributed by atoms with Crippen LogP contribution < -0.4 is 0 Å². The Morgan fingerprint density at radius 3 is 2.65 bits per heavy atom. The third-order valence-electron chi connectivity index (χ3n) is 7.60. The lowest BCUT2D eigenvalue weighted by atomic mass is 9.96. The fourth-order valence-corrected chi connectivity index (χ4v) is 6.64. The van der Waals surface area contributed by atoms with Gasteiger partial charge in [-0.15, -0.1) is 11.8 Å². The summed E-state index contributed by atoms with van der Waals surface area (Å²) in [6, 6.07) is 7.72. The van der Waals surface area contributed by atoms with E-state index in [1.165, 1.54) is 49.6 Å². The van der Waals surface area contributed by atoms with E-state index in [1.54, 1.807) is 13.0 Å². The minimum absolute atomic E-state index is 0.132. The molecule has 0 radical (unpaired) electrons. The van der Waals surface area contributed by atoms with Crippen molar-refractivity contribution in [3.8, 4) is 5.75 Å². The molecule has 0 amide bonds.